The summed E-state index contributed by atoms with van der Waals surface area (Å²) in [7, 11) is 1.71. The van der Waals surface area contributed by atoms with Gasteiger partial charge in [-0.05, 0) is 54.6 Å². The normalized spacial score (nSPS) is 21.2. The number of halogens is 1. The number of hydrogen-bond donors (Lipinski definition) is 0. The highest BCUT2D eigenvalue weighted by atomic mass is 35.5. The molecule has 1 heterocycles. The highest BCUT2D eigenvalue weighted by molar-refractivity contribution is 5.85. The van der Waals surface area contributed by atoms with Gasteiger partial charge in [-0.2, -0.15) is 0 Å². The van der Waals surface area contributed by atoms with Crippen molar-refractivity contribution in [2.45, 2.75) is 44.9 Å². The lowest BCUT2D eigenvalue weighted by Crippen LogP contribution is -2.49. The highest BCUT2D eigenvalue weighted by Gasteiger charge is 2.37. The van der Waals surface area contributed by atoms with E-state index in [-0.39, 0.29) is 18.5 Å². The van der Waals surface area contributed by atoms with Gasteiger partial charge in [0.25, 0.3) is 0 Å². The molecule has 2 atom stereocenters. The molecule has 1 aliphatic heterocycles. The zero-order chi connectivity index (χ0) is 18.6. The van der Waals surface area contributed by atoms with Crippen molar-refractivity contribution in [3.63, 3.8) is 0 Å². The lowest BCUT2D eigenvalue weighted by Gasteiger charge is -2.44. The van der Waals surface area contributed by atoms with Gasteiger partial charge in [-0.1, -0.05) is 37.3 Å². The van der Waals surface area contributed by atoms with Gasteiger partial charge in [-0.3, -0.25) is 4.90 Å². The summed E-state index contributed by atoms with van der Waals surface area (Å²) in [5.74, 6) is 1.61. The van der Waals surface area contributed by atoms with Crippen molar-refractivity contribution in [2.75, 3.05) is 26.8 Å². The molecule has 1 fully saturated rings. The lowest BCUT2D eigenvalue weighted by molar-refractivity contribution is -0.0802. The second kappa shape index (κ2) is 9.64. The van der Waals surface area contributed by atoms with Crippen LogP contribution in [-0.4, -0.2) is 37.7 Å². The molecule has 2 aliphatic rings. The van der Waals surface area contributed by atoms with Gasteiger partial charge in [-0.15, -0.1) is 12.4 Å². The van der Waals surface area contributed by atoms with Gasteiger partial charge in [0.05, 0.1) is 19.8 Å². The number of rotatable bonds is 6. The van der Waals surface area contributed by atoms with E-state index in [0.717, 1.165) is 49.6 Å². The molecule has 0 aromatic heterocycles. The van der Waals surface area contributed by atoms with Gasteiger partial charge >= 0.3 is 0 Å². The molecule has 2 aromatic rings. The van der Waals surface area contributed by atoms with Gasteiger partial charge in [-0.25, -0.2) is 0 Å². The van der Waals surface area contributed by atoms with Crippen LogP contribution in [0.3, 0.4) is 0 Å². The average molecular weight is 404 g/mol. The Balaban J connectivity index is 0.00000225. The van der Waals surface area contributed by atoms with E-state index in [9.17, 15) is 0 Å². The van der Waals surface area contributed by atoms with Gasteiger partial charge < -0.3 is 14.2 Å². The van der Waals surface area contributed by atoms with Crippen LogP contribution >= 0.6 is 12.4 Å². The van der Waals surface area contributed by atoms with E-state index in [1.165, 1.54) is 17.5 Å². The zero-order valence-electron chi connectivity index (χ0n) is 16.7. The van der Waals surface area contributed by atoms with Crippen LogP contribution in [0.25, 0.3) is 0 Å². The molecule has 0 bridgehead atoms. The van der Waals surface area contributed by atoms with E-state index >= 15 is 0 Å². The summed E-state index contributed by atoms with van der Waals surface area (Å²) in [6, 6.07) is 15.0. The summed E-state index contributed by atoms with van der Waals surface area (Å²) in [5.41, 5.74) is 3.76. The molecule has 0 spiro atoms. The van der Waals surface area contributed by atoms with Gasteiger partial charge in [0.15, 0.2) is 11.5 Å². The van der Waals surface area contributed by atoms with Crippen molar-refractivity contribution in [1.29, 1.82) is 0 Å². The molecule has 0 saturated carbocycles. The molecule has 152 valence electrons. The molecule has 0 unspecified atom stereocenters. The minimum absolute atomic E-state index is 0. The monoisotopic (exact) mass is 403 g/mol. The Morgan fingerprint density at radius 1 is 1.14 bits per heavy atom. The van der Waals surface area contributed by atoms with Crippen molar-refractivity contribution in [3.8, 4) is 11.5 Å². The molecule has 5 heteroatoms. The van der Waals surface area contributed by atoms with Crippen molar-refractivity contribution >= 4 is 12.4 Å². The number of ether oxygens (including phenoxy) is 3. The molecule has 0 N–H and O–H groups in total. The first-order valence-electron chi connectivity index (χ1n) is 10.0. The van der Waals surface area contributed by atoms with Crippen LogP contribution in [0.5, 0.6) is 11.5 Å². The summed E-state index contributed by atoms with van der Waals surface area (Å²) >= 11 is 0. The maximum absolute atomic E-state index is 6.24. The van der Waals surface area contributed by atoms with Crippen molar-refractivity contribution in [1.82, 2.24) is 4.90 Å². The molecule has 0 amide bonds. The first kappa shape index (κ1) is 21.0. The zero-order valence-corrected chi connectivity index (χ0v) is 17.5. The Kier molecular flexibility index (Phi) is 7.22. The number of fused-ring (bicyclic) bond motifs is 3. The molecular weight excluding hydrogens is 374 g/mol. The summed E-state index contributed by atoms with van der Waals surface area (Å²) in [6.07, 6.45) is 3.53. The Morgan fingerprint density at radius 3 is 2.71 bits per heavy atom. The number of morpholine rings is 1. The Morgan fingerprint density at radius 2 is 1.96 bits per heavy atom. The third-order valence-electron chi connectivity index (χ3n) is 5.68. The Hall–Kier alpha value is -1.75. The average Bonchev–Trinajstić information content (AvgIpc) is 2.72. The molecule has 2 aromatic carbocycles. The maximum atomic E-state index is 6.24. The summed E-state index contributed by atoms with van der Waals surface area (Å²) in [6.45, 7) is 5.77. The quantitative estimate of drug-likeness (QED) is 0.693. The lowest BCUT2D eigenvalue weighted by atomic mass is 9.83. The second-order valence-corrected chi connectivity index (χ2v) is 7.41. The minimum atomic E-state index is 0. The smallest absolute Gasteiger partial charge is 0.162 e. The summed E-state index contributed by atoms with van der Waals surface area (Å²) in [5, 5.41) is 0. The van der Waals surface area contributed by atoms with Crippen LogP contribution in [0.2, 0.25) is 0 Å². The van der Waals surface area contributed by atoms with E-state index in [4.69, 9.17) is 14.2 Å². The number of hydrogen-bond acceptors (Lipinski definition) is 4. The number of benzene rings is 2. The van der Waals surface area contributed by atoms with E-state index in [2.05, 4.69) is 36.1 Å². The van der Waals surface area contributed by atoms with Crippen LogP contribution < -0.4 is 9.47 Å². The maximum Gasteiger partial charge on any atom is 0.162 e. The molecule has 28 heavy (non-hydrogen) atoms. The molecule has 1 aliphatic carbocycles. The SMILES string of the molecule is CCCN1CCO[C@@H]2c3cc(OCc4ccccc4)c(OC)cc3CC[C@H]21.Cl. The first-order valence-corrected chi connectivity index (χ1v) is 10.0. The Bertz CT molecular complexity index is 766. The number of nitrogens with zero attached hydrogens (tertiary/aromatic N) is 1. The van der Waals surface area contributed by atoms with E-state index in [1.54, 1.807) is 7.11 Å². The predicted octanol–water partition coefficient (Wildman–Crippen LogP) is 4.79. The van der Waals surface area contributed by atoms with E-state index in [1.807, 2.05) is 18.2 Å². The van der Waals surface area contributed by atoms with Gasteiger partial charge in [0.2, 0.25) is 0 Å². The largest absolute Gasteiger partial charge is 0.493 e. The minimum Gasteiger partial charge on any atom is -0.493 e. The Labute approximate surface area is 174 Å². The van der Waals surface area contributed by atoms with Crippen LogP contribution in [0.4, 0.5) is 0 Å². The molecule has 0 radical (unpaired) electrons. The van der Waals surface area contributed by atoms with Gasteiger partial charge in [0, 0.05) is 12.6 Å². The van der Waals surface area contributed by atoms with Crippen molar-refractivity contribution in [2.24, 2.45) is 0 Å². The third-order valence-corrected chi connectivity index (χ3v) is 5.68. The molecule has 4 rings (SSSR count). The van der Waals surface area contributed by atoms with Crippen molar-refractivity contribution < 1.29 is 14.2 Å². The van der Waals surface area contributed by atoms with E-state index < -0.39 is 0 Å². The third kappa shape index (κ3) is 4.29. The molecular formula is C23H30ClNO3. The summed E-state index contributed by atoms with van der Waals surface area (Å²) in [4.78, 5) is 2.60. The topological polar surface area (TPSA) is 30.9 Å². The predicted molar refractivity (Wildman–Crippen MR) is 114 cm³/mol. The fourth-order valence-electron chi connectivity index (χ4n) is 4.37. The van der Waals surface area contributed by atoms with Crippen LogP contribution in [0.1, 0.15) is 42.6 Å². The second-order valence-electron chi connectivity index (χ2n) is 7.41. The van der Waals surface area contributed by atoms with Crippen LogP contribution in [0, 0.1) is 0 Å². The van der Waals surface area contributed by atoms with Crippen LogP contribution in [0.15, 0.2) is 42.5 Å². The standard InChI is InChI=1S/C23H29NO3.ClH/c1-3-11-24-12-13-26-23-19-15-22(27-16-17-7-5-4-6-8-17)21(25-2)14-18(19)9-10-20(23)24;/h4-8,14-15,20,23H,3,9-13,16H2,1-2H3;1H/t20-,23-;/m1./s1. The summed E-state index contributed by atoms with van der Waals surface area (Å²) < 4.78 is 18.0. The fraction of sp³-hybridized carbons (Fsp3) is 0.478. The van der Waals surface area contributed by atoms with Gasteiger partial charge in [0.1, 0.15) is 6.61 Å². The van der Waals surface area contributed by atoms with E-state index in [0.29, 0.717) is 12.6 Å². The number of aryl methyl sites for hydroxylation is 1. The first-order chi connectivity index (χ1) is 13.3. The molecule has 1 saturated heterocycles. The number of methoxy groups -OCH3 is 1. The van der Waals surface area contributed by atoms with Crippen molar-refractivity contribution in [3.05, 3.63) is 59.2 Å². The highest BCUT2D eigenvalue weighted by Crippen LogP contribution is 2.42. The van der Waals surface area contributed by atoms with Crippen LogP contribution in [-0.2, 0) is 17.8 Å². The molecule has 4 nitrogen and oxygen atoms in total. The fourth-order valence-corrected chi connectivity index (χ4v) is 4.37.